The number of rotatable bonds is 15. The number of furan rings is 1. The summed E-state index contributed by atoms with van der Waals surface area (Å²) in [5.41, 5.74) is 0.526. The van der Waals surface area contributed by atoms with E-state index in [0.717, 1.165) is 42.4 Å². The highest BCUT2D eigenvalue weighted by Gasteiger charge is 2.45. The molecule has 4 aromatic rings. The third-order valence-electron chi connectivity index (χ3n) is 9.27. The summed E-state index contributed by atoms with van der Waals surface area (Å²) < 4.78 is 85.0. The maximum atomic E-state index is 14.3. The normalized spacial score (nSPS) is 14.6. The van der Waals surface area contributed by atoms with Crippen molar-refractivity contribution in [2.45, 2.75) is 83.8 Å². The van der Waals surface area contributed by atoms with Crippen molar-refractivity contribution in [1.29, 1.82) is 0 Å². The van der Waals surface area contributed by atoms with E-state index < -0.39 is 71.2 Å². The van der Waals surface area contributed by atoms with E-state index in [1.807, 2.05) is 43.4 Å². The summed E-state index contributed by atoms with van der Waals surface area (Å²) >= 11 is 25.6. The predicted octanol–water partition coefficient (Wildman–Crippen LogP) is 9.73. The van der Waals surface area contributed by atoms with E-state index in [2.05, 4.69) is 46.7 Å². The van der Waals surface area contributed by atoms with Gasteiger partial charge in [-0.25, -0.2) is 9.18 Å². The molecule has 1 aliphatic heterocycles. The molecule has 3 N–H and O–H groups in total. The number of para-hydroxylation sites is 1. The number of carboxylic acid groups (broad SMARTS) is 1. The molecule has 2 atom stereocenters. The fourth-order valence-electron chi connectivity index (χ4n) is 6.28. The van der Waals surface area contributed by atoms with Gasteiger partial charge in [0.1, 0.15) is 49.3 Å². The molecule has 3 heterocycles. The zero-order valence-corrected chi connectivity index (χ0v) is 48.6. The Morgan fingerprint density at radius 2 is 1.73 bits per heavy atom. The fraction of sp³-hybridized carbons (Fsp3) is 0.500. The number of hydrogen-bond acceptors (Lipinski definition) is 12. The van der Waals surface area contributed by atoms with Gasteiger partial charge in [0, 0.05) is 19.2 Å². The Bertz CT molecular complexity index is 2500. The van der Waals surface area contributed by atoms with E-state index in [1.54, 1.807) is 44.9 Å². The van der Waals surface area contributed by atoms with Gasteiger partial charge in [0.05, 0.1) is 71.3 Å². The second-order valence-electron chi connectivity index (χ2n) is 16.6. The zero-order valence-electron chi connectivity index (χ0n) is 42.3. The molecule has 0 saturated carbocycles. The summed E-state index contributed by atoms with van der Waals surface area (Å²) in [6.07, 6.45) is 2.89. The number of hydrogen-bond donors (Lipinski definition) is 3. The maximum absolute atomic E-state index is 14.3. The molecule has 0 bridgehead atoms. The van der Waals surface area contributed by atoms with Crippen molar-refractivity contribution in [2.75, 3.05) is 62.3 Å². The van der Waals surface area contributed by atoms with Crippen LogP contribution in [0.3, 0.4) is 0 Å². The van der Waals surface area contributed by atoms with Crippen LogP contribution < -0.4 is 15.1 Å². The molecule has 1 aliphatic rings. The zero-order chi connectivity index (χ0) is 57.1. The van der Waals surface area contributed by atoms with Gasteiger partial charge in [-0.3, -0.25) is 29.3 Å². The molecule has 1 fully saturated rings. The van der Waals surface area contributed by atoms with Crippen molar-refractivity contribution in [1.82, 2.24) is 20.0 Å². The molecule has 74 heavy (non-hydrogen) atoms. The summed E-state index contributed by atoms with van der Waals surface area (Å²) in [5, 5.41) is 13.5. The molecule has 2 amide bonds. The minimum atomic E-state index is -4.69. The van der Waals surface area contributed by atoms with Crippen LogP contribution in [0.15, 0.2) is 57.6 Å². The number of benzene rings is 2. The van der Waals surface area contributed by atoms with Crippen molar-refractivity contribution in [2.24, 2.45) is 7.05 Å². The highest BCUT2D eigenvalue weighted by atomic mass is 79.9. The molecular weight excluding hydrogens is 1180 g/mol. The quantitative estimate of drug-likeness (QED) is 0.0252. The van der Waals surface area contributed by atoms with E-state index >= 15 is 0 Å². The van der Waals surface area contributed by atoms with Crippen LogP contribution in [0.2, 0.25) is 5.02 Å². The minimum Gasteiger partial charge on any atom is -0.778 e. The lowest BCUT2D eigenvalue weighted by Crippen LogP contribution is -2.45. The van der Waals surface area contributed by atoms with Crippen molar-refractivity contribution in [3.05, 3.63) is 92.2 Å². The number of ether oxygens (including phenoxy) is 3. The lowest BCUT2D eigenvalue weighted by molar-refractivity contribution is -0.193. The van der Waals surface area contributed by atoms with Gasteiger partial charge in [-0.2, -0.15) is 18.3 Å². The first-order valence-corrected chi connectivity index (χ1v) is 28.7. The minimum absolute atomic E-state index is 0.0371. The third kappa shape index (κ3) is 22.6. The van der Waals surface area contributed by atoms with E-state index in [-0.39, 0.29) is 52.4 Å². The lowest BCUT2D eigenvalue weighted by Gasteiger charge is -2.29. The molecule has 2 unspecified atom stereocenters. The second kappa shape index (κ2) is 31.7. The van der Waals surface area contributed by atoms with E-state index in [9.17, 15) is 46.2 Å². The number of nitrogens with one attached hydrogen (secondary N) is 1. The highest BCUT2D eigenvalue weighted by Crippen LogP contribution is 2.41. The Kier molecular flexibility index (Phi) is 29.4. The standard InChI is InChI=1S/C15H12BrClF4N2O2.C14H20ClNO2.C11H13Cl2NO3.C3H8NO5P.C3H9S/c1-6(2)25-14(24)7-4-8(10(18)5-9(7)17)12-11(16)13(15(19,20)21)23(3)22-12;1-4-12-8-6-7-11(3)14(12)16(10-18-5-2)13(17)9-15;1-11(2)14(10(15)9(12)13)6-8(17-11)7-4-3-5-16-7;5-3(6)1-4-2-10(7,8)9;1-4(2)3/h4-6H,1-3H3;6-8H,4-5,9-10H2,1-3H3;3-5,8-9H,6H2,1-2H3;4H,1-2H2,(H,5,6)(H2,7,8,9);1-3H3/q;;;;+1/p-1. The van der Waals surface area contributed by atoms with Gasteiger partial charge in [-0.05, 0) is 110 Å². The SMILES string of the molecule is CC(C)OC(=O)c1cc(-c2nn(C)c(C(F)(F)F)c2Br)c(F)cc1Cl.CC1(C)OC(c2ccco2)CN1C(=O)C(Cl)Cl.CCOCN(C(=O)CCl)c1c(C)cccc1CC.C[S+](C)C.O=C(O)CNCP(=O)([O-])O. The van der Waals surface area contributed by atoms with Crippen LogP contribution in [0.4, 0.5) is 23.2 Å². The van der Waals surface area contributed by atoms with Crippen LogP contribution >= 0.6 is 69.9 Å². The molecular formula is C46H61BrCl4F4N5O12PS. The first-order valence-electron chi connectivity index (χ1n) is 21.9. The van der Waals surface area contributed by atoms with E-state index in [4.69, 9.17) is 75.0 Å². The van der Waals surface area contributed by atoms with Crippen LogP contribution in [0.25, 0.3) is 11.3 Å². The van der Waals surface area contributed by atoms with E-state index in [1.165, 1.54) is 4.90 Å². The highest BCUT2D eigenvalue weighted by molar-refractivity contribution is 9.10. The Labute approximate surface area is 459 Å². The molecule has 1 saturated heterocycles. The average molecular weight is 1240 g/mol. The van der Waals surface area contributed by atoms with Gasteiger partial charge in [0.25, 0.3) is 5.91 Å². The molecule has 17 nitrogen and oxygen atoms in total. The smallest absolute Gasteiger partial charge is 0.434 e. The number of carboxylic acids is 1. The van der Waals surface area contributed by atoms with Crippen LogP contribution in [0.1, 0.15) is 80.6 Å². The van der Waals surface area contributed by atoms with Crippen LogP contribution in [-0.4, -0.2) is 122 Å². The molecule has 2 aromatic heterocycles. The number of carbonyl (C=O) groups excluding carboxylic acids is 3. The maximum Gasteiger partial charge on any atom is 0.434 e. The van der Waals surface area contributed by atoms with Crippen LogP contribution in [0, 0.1) is 12.7 Å². The summed E-state index contributed by atoms with van der Waals surface area (Å²) in [6.45, 7) is 13.5. The molecule has 5 rings (SSSR count). The monoisotopic (exact) mass is 1230 g/mol. The summed E-state index contributed by atoms with van der Waals surface area (Å²) in [7, 11) is -2.63. The Morgan fingerprint density at radius 1 is 1.12 bits per heavy atom. The largest absolute Gasteiger partial charge is 0.778 e. The Morgan fingerprint density at radius 3 is 2.19 bits per heavy atom. The van der Waals surface area contributed by atoms with Gasteiger partial charge in [0.2, 0.25) is 5.91 Å². The number of aromatic nitrogens is 2. The molecule has 416 valence electrons. The number of carbonyl (C=O) groups is 4. The first-order chi connectivity index (χ1) is 34.1. The predicted molar refractivity (Wildman–Crippen MR) is 281 cm³/mol. The van der Waals surface area contributed by atoms with E-state index in [0.29, 0.717) is 34.5 Å². The fourth-order valence-corrected chi connectivity index (χ4v) is 8.06. The summed E-state index contributed by atoms with van der Waals surface area (Å²) in [5.74, 6) is -2.74. The molecule has 0 spiro atoms. The number of nitrogens with zero attached hydrogens (tertiary/aromatic N) is 4. The number of alkyl halides is 6. The average Bonchev–Trinajstić information content (AvgIpc) is 4.00. The van der Waals surface area contributed by atoms with Crippen LogP contribution in [-0.2, 0) is 63.7 Å². The van der Waals surface area contributed by atoms with Gasteiger partial charge < -0.3 is 43.0 Å². The number of anilines is 1. The lowest BCUT2D eigenvalue weighted by atomic mass is 10.0. The molecule has 28 heteroatoms. The van der Waals surface area contributed by atoms with Crippen molar-refractivity contribution < 1.29 is 74.8 Å². The van der Waals surface area contributed by atoms with Gasteiger partial charge >= 0.3 is 18.1 Å². The third-order valence-corrected chi connectivity index (χ3v) is 11.6. The van der Waals surface area contributed by atoms with Gasteiger partial charge in [-0.15, -0.1) is 11.6 Å². The first kappa shape index (κ1) is 68.6. The topological polar surface area (TPSA) is 226 Å². The summed E-state index contributed by atoms with van der Waals surface area (Å²) in [4.78, 5) is 65.7. The van der Waals surface area contributed by atoms with Gasteiger partial charge in [-0.1, -0.05) is 59.9 Å². The number of aryl methyl sites for hydroxylation is 3. The van der Waals surface area contributed by atoms with Crippen LogP contribution in [0.5, 0.6) is 0 Å². The number of esters is 1. The van der Waals surface area contributed by atoms with Gasteiger partial charge in [0.15, 0.2) is 10.5 Å². The number of aliphatic carboxylic acids is 1. The van der Waals surface area contributed by atoms with Crippen molar-refractivity contribution >= 4 is 110 Å². The van der Waals surface area contributed by atoms with Crippen molar-refractivity contribution in [3.8, 4) is 11.3 Å². The van der Waals surface area contributed by atoms with Crippen molar-refractivity contribution in [3.63, 3.8) is 0 Å². The Hall–Kier alpha value is -3.45. The molecule has 0 radical (unpaired) electrons. The number of halogens is 9. The summed E-state index contributed by atoms with van der Waals surface area (Å²) in [6, 6.07) is 11.5. The molecule has 0 aliphatic carbocycles. The number of amides is 2. The molecule has 2 aromatic carbocycles. The second-order valence-corrected chi connectivity index (χ2v) is 23.2. The Balaban J connectivity index is 0.000000500.